The SMILES string of the molecule is CNCC(CC(C)C)CC1COC1. The molecular weight excluding hydrogens is 162 g/mol. The first-order chi connectivity index (χ1) is 6.22. The third-order valence-corrected chi connectivity index (χ3v) is 2.67. The van der Waals surface area contributed by atoms with Crippen molar-refractivity contribution < 1.29 is 4.74 Å². The van der Waals surface area contributed by atoms with Crippen molar-refractivity contribution >= 4 is 0 Å². The van der Waals surface area contributed by atoms with Gasteiger partial charge in [0.05, 0.1) is 13.2 Å². The van der Waals surface area contributed by atoms with Gasteiger partial charge in [0.25, 0.3) is 0 Å². The molecule has 1 fully saturated rings. The van der Waals surface area contributed by atoms with Crippen molar-refractivity contribution in [1.82, 2.24) is 5.32 Å². The van der Waals surface area contributed by atoms with Crippen LogP contribution in [0.3, 0.4) is 0 Å². The van der Waals surface area contributed by atoms with E-state index in [9.17, 15) is 0 Å². The fourth-order valence-electron chi connectivity index (χ4n) is 2.11. The molecule has 0 saturated carbocycles. The molecule has 0 spiro atoms. The van der Waals surface area contributed by atoms with Crippen molar-refractivity contribution in [3.63, 3.8) is 0 Å². The van der Waals surface area contributed by atoms with Gasteiger partial charge in [0, 0.05) is 5.92 Å². The maximum absolute atomic E-state index is 5.20. The van der Waals surface area contributed by atoms with Gasteiger partial charge in [-0.25, -0.2) is 0 Å². The van der Waals surface area contributed by atoms with E-state index >= 15 is 0 Å². The Balaban J connectivity index is 2.19. The third kappa shape index (κ3) is 4.10. The Bertz CT molecular complexity index is 132. The summed E-state index contributed by atoms with van der Waals surface area (Å²) < 4.78 is 5.20. The Kier molecular flexibility index (Phi) is 4.74. The summed E-state index contributed by atoms with van der Waals surface area (Å²) in [4.78, 5) is 0. The molecular formula is C11H23NO. The molecule has 1 N–H and O–H groups in total. The standard InChI is InChI=1S/C11H23NO/c1-9(2)4-10(6-12-3)5-11-7-13-8-11/h9-12H,4-8H2,1-3H3. The van der Waals surface area contributed by atoms with Crippen molar-refractivity contribution in [2.75, 3.05) is 26.8 Å². The average Bonchev–Trinajstić information content (AvgIpc) is 1.96. The fraction of sp³-hybridized carbons (Fsp3) is 1.00. The Morgan fingerprint density at radius 3 is 2.46 bits per heavy atom. The maximum atomic E-state index is 5.20. The van der Waals surface area contributed by atoms with Crippen LogP contribution in [0.1, 0.15) is 26.7 Å². The monoisotopic (exact) mass is 185 g/mol. The molecule has 0 aromatic carbocycles. The van der Waals surface area contributed by atoms with Gasteiger partial charge in [-0.2, -0.15) is 0 Å². The highest BCUT2D eigenvalue weighted by Gasteiger charge is 2.22. The molecule has 1 saturated heterocycles. The van der Waals surface area contributed by atoms with Crippen LogP contribution in [0.5, 0.6) is 0 Å². The van der Waals surface area contributed by atoms with Gasteiger partial charge in [-0.05, 0) is 38.3 Å². The predicted molar refractivity (Wildman–Crippen MR) is 55.8 cm³/mol. The maximum Gasteiger partial charge on any atom is 0.0516 e. The Hall–Kier alpha value is -0.0800. The van der Waals surface area contributed by atoms with Gasteiger partial charge >= 0.3 is 0 Å². The molecule has 1 rings (SSSR count). The molecule has 2 heteroatoms. The number of rotatable bonds is 6. The van der Waals surface area contributed by atoms with Gasteiger partial charge in [0.2, 0.25) is 0 Å². The van der Waals surface area contributed by atoms with Crippen LogP contribution in [0.15, 0.2) is 0 Å². The lowest BCUT2D eigenvalue weighted by atomic mass is 9.87. The van der Waals surface area contributed by atoms with Crippen LogP contribution >= 0.6 is 0 Å². The molecule has 13 heavy (non-hydrogen) atoms. The summed E-state index contributed by atoms with van der Waals surface area (Å²) in [7, 11) is 2.05. The highest BCUT2D eigenvalue weighted by molar-refractivity contribution is 4.73. The summed E-state index contributed by atoms with van der Waals surface area (Å²) in [6.07, 6.45) is 2.69. The normalized spacial score (nSPS) is 20.3. The van der Waals surface area contributed by atoms with E-state index < -0.39 is 0 Å². The molecule has 1 unspecified atom stereocenters. The molecule has 0 bridgehead atoms. The summed E-state index contributed by atoms with van der Waals surface area (Å²) in [6, 6.07) is 0. The van der Waals surface area contributed by atoms with Crippen LogP contribution in [0.4, 0.5) is 0 Å². The quantitative estimate of drug-likeness (QED) is 0.682. The highest BCUT2D eigenvalue weighted by Crippen LogP contribution is 2.24. The number of nitrogens with one attached hydrogen (secondary N) is 1. The third-order valence-electron chi connectivity index (χ3n) is 2.67. The van der Waals surface area contributed by atoms with Gasteiger partial charge in [-0.1, -0.05) is 13.8 Å². The zero-order valence-corrected chi connectivity index (χ0v) is 9.18. The average molecular weight is 185 g/mol. The van der Waals surface area contributed by atoms with Gasteiger partial charge in [0.1, 0.15) is 0 Å². The smallest absolute Gasteiger partial charge is 0.0516 e. The van der Waals surface area contributed by atoms with Crippen molar-refractivity contribution in [3.05, 3.63) is 0 Å². The first-order valence-electron chi connectivity index (χ1n) is 5.44. The number of ether oxygens (including phenoxy) is 1. The molecule has 1 atom stereocenters. The summed E-state index contributed by atoms with van der Waals surface area (Å²) in [5.41, 5.74) is 0. The van der Waals surface area contributed by atoms with Crippen molar-refractivity contribution in [3.8, 4) is 0 Å². The molecule has 1 aliphatic rings. The summed E-state index contributed by atoms with van der Waals surface area (Å²) >= 11 is 0. The van der Waals surface area contributed by atoms with Crippen LogP contribution in [0.2, 0.25) is 0 Å². The van der Waals surface area contributed by atoms with Crippen molar-refractivity contribution in [2.45, 2.75) is 26.7 Å². The lowest BCUT2D eigenvalue weighted by Crippen LogP contribution is -2.32. The van der Waals surface area contributed by atoms with E-state index in [4.69, 9.17) is 4.74 Å². The molecule has 0 aromatic rings. The van der Waals surface area contributed by atoms with Crippen molar-refractivity contribution in [2.24, 2.45) is 17.8 Å². The fourth-order valence-corrected chi connectivity index (χ4v) is 2.11. The summed E-state index contributed by atoms with van der Waals surface area (Å²) in [6.45, 7) is 7.77. The Morgan fingerprint density at radius 1 is 1.38 bits per heavy atom. The topological polar surface area (TPSA) is 21.3 Å². The molecule has 2 nitrogen and oxygen atoms in total. The zero-order chi connectivity index (χ0) is 9.68. The summed E-state index contributed by atoms with van der Waals surface area (Å²) in [5.74, 6) is 2.51. The first kappa shape index (κ1) is 11.0. The molecule has 1 aliphatic heterocycles. The van der Waals surface area contributed by atoms with E-state index in [0.717, 1.165) is 37.5 Å². The molecule has 1 heterocycles. The van der Waals surface area contributed by atoms with Crippen LogP contribution < -0.4 is 5.32 Å². The van der Waals surface area contributed by atoms with Gasteiger partial charge in [-0.3, -0.25) is 0 Å². The van der Waals surface area contributed by atoms with E-state index in [0.29, 0.717) is 0 Å². The van der Waals surface area contributed by atoms with Crippen LogP contribution in [0, 0.1) is 17.8 Å². The van der Waals surface area contributed by atoms with Gasteiger partial charge in [-0.15, -0.1) is 0 Å². The second kappa shape index (κ2) is 5.61. The second-order valence-electron chi connectivity index (χ2n) is 4.69. The van der Waals surface area contributed by atoms with Gasteiger partial charge < -0.3 is 10.1 Å². The van der Waals surface area contributed by atoms with E-state index in [2.05, 4.69) is 19.2 Å². The minimum atomic E-state index is 0.819. The highest BCUT2D eigenvalue weighted by atomic mass is 16.5. The lowest BCUT2D eigenvalue weighted by molar-refractivity contribution is -0.0434. The van der Waals surface area contributed by atoms with E-state index in [-0.39, 0.29) is 0 Å². The minimum Gasteiger partial charge on any atom is -0.381 e. The second-order valence-corrected chi connectivity index (χ2v) is 4.69. The molecule has 0 aliphatic carbocycles. The van der Waals surface area contributed by atoms with Gasteiger partial charge in [0.15, 0.2) is 0 Å². The van der Waals surface area contributed by atoms with E-state index in [1.165, 1.54) is 12.8 Å². The van der Waals surface area contributed by atoms with Crippen LogP contribution in [-0.4, -0.2) is 26.8 Å². The molecule has 78 valence electrons. The first-order valence-corrected chi connectivity index (χ1v) is 5.44. The summed E-state index contributed by atoms with van der Waals surface area (Å²) in [5, 5.41) is 3.29. The minimum absolute atomic E-state index is 0.819. The Labute approximate surface area is 82.0 Å². The Morgan fingerprint density at radius 2 is 2.08 bits per heavy atom. The zero-order valence-electron chi connectivity index (χ0n) is 9.18. The van der Waals surface area contributed by atoms with Crippen LogP contribution in [0.25, 0.3) is 0 Å². The van der Waals surface area contributed by atoms with Crippen molar-refractivity contribution in [1.29, 1.82) is 0 Å². The predicted octanol–water partition coefficient (Wildman–Crippen LogP) is 1.90. The largest absolute Gasteiger partial charge is 0.381 e. The van der Waals surface area contributed by atoms with E-state index in [1.807, 2.05) is 7.05 Å². The molecule has 0 amide bonds. The number of hydrogen-bond donors (Lipinski definition) is 1. The molecule has 0 radical (unpaired) electrons. The molecule has 0 aromatic heterocycles. The number of hydrogen-bond acceptors (Lipinski definition) is 2. The van der Waals surface area contributed by atoms with Crippen LogP contribution in [-0.2, 0) is 4.74 Å². The van der Waals surface area contributed by atoms with E-state index in [1.54, 1.807) is 0 Å². The lowest BCUT2D eigenvalue weighted by Gasteiger charge is -2.30.